The second-order valence-corrected chi connectivity index (χ2v) is 8.20. The Morgan fingerprint density at radius 3 is 2.24 bits per heavy atom. The van der Waals surface area contributed by atoms with E-state index in [9.17, 15) is 14.3 Å². The first kappa shape index (κ1) is 30.0. The molecule has 182 valence electrons. The average molecular weight is 457 g/mol. The second kappa shape index (κ2) is 16.7. The number of carbonyl (C=O) groups is 1. The van der Waals surface area contributed by atoms with Crippen LogP contribution in [0.5, 0.6) is 5.75 Å². The van der Waals surface area contributed by atoms with E-state index in [2.05, 4.69) is 23.8 Å². The smallest absolute Gasteiger partial charge is 0.270 e. The number of phenols is 1. The summed E-state index contributed by atoms with van der Waals surface area (Å²) in [5.41, 5.74) is 3.10. The van der Waals surface area contributed by atoms with Gasteiger partial charge in [-0.05, 0) is 76.8 Å². The molecule has 0 radical (unpaired) electrons. The van der Waals surface area contributed by atoms with Gasteiger partial charge in [-0.1, -0.05) is 56.1 Å². The van der Waals surface area contributed by atoms with E-state index in [0.29, 0.717) is 23.4 Å². The van der Waals surface area contributed by atoms with Crippen molar-refractivity contribution in [1.29, 1.82) is 0 Å². The molecule has 1 aromatic carbocycles. The second-order valence-electron chi connectivity index (χ2n) is 8.20. The first-order chi connectivity index (χ1) is 15.6. The van der Waals surface area contributed by atoms with Crippen LogP contribution in [0.3, 0.4) is 0 Å². The maximum Gasteiger partial charge on any atom is 0.270 e. The molecule has 0 aromatic heterocycles. The molecule has 0 aliphatic heterocycles. The highest BCUT2D eigenvalue weighted by Gasteiger charge is 2.17. The third-order valence-corrected chi connectivity index (χ3v) is 4.49. The Balaban J connectivity index is 0.000000944. The number of amides is 1. The molecule has 0 spiro atoms. The number of allylic oxidation sites excluding steroid dienone is 6. The molecule has 0 atom stereocenters. The molecular formula is C28H41FN2O2. The highest BCUT2D eigenvalue weighted by molar-refractivity contribution is 6.04. The monoisotopic (exact) mass is 456 g/mol. The number of carbonyl (C=O) groups excluding carboxylic acids is 1. The third kappa shape index (κ3) is 13.9. The van der Waals surface area contributed by atoms with Crippen molar-refractivity contribution in [1.82, 2.24) is 5.32 Å². The summed E-state index contributed by atoms with van der Waals surface area (Å²) in [4.78, 5) is 16.6. The normalized spacial score (nSPS) is 14.1. The van der Waals surface area contributed by atoms with Crippen molar-refractivity contribution in [3.63, 3.8) is 0 Å². The quantitative estimate of drug-likeness (QED) is 0.196. The molecule has 1 aliphatic carbocycles. The maximum absolute atomic E-state index is 13.5. The third-order valence-electron chi connectivity index (χ3n) is 4.49. The Morgan fingerprint density at radius 1 is 1.21 bits per heavy atom. The van der Waals surface area contributed by atoms with Gasteiger partial charge in [0.25, 0.3) is 5.91 Å². The van der Waals surface area contributed by atoms with Crippen molar-refractivity contribution >= 4 is 11.6 Å². The summed E-state index contributed by atoms with van der Waals surface area (Å²) in [5.74, 6) is -0.305. The summed E-state index contributed by atoms with van der Waals surface area (Å²) in [7, 11) is 0. The van der Waals surface area contributed by atoms with Gasteiger partial charge in [-0.25, -0.2) is 9.38 Å². The molecule has 5 heteroatoms. The van der Waals surface area contributed by atoms with Crippen LogP contribution in [0.4, 0.5) is 4.39 Å². The zero-order chi connectivity index (χ0) is 25.4. The van der Waals surface area contributed by atoms with Gasteiger partial charge >= 0.3 is 0 Å². The molecule has 0 heterocycles. The van der Waals surface area contributed by atoms with Gasteiger partial charge in [-0.2, -0.15) is 0 Å². The van der Waals surface area contributed by atoms with Gasteiger partial charge in [0, 0.05) is 12.3 Å². The largest absolute Gasteiger partial charge is 0.505 e. The molecule has 33 heavy (non-hydrogen) atoms. The Morgan fingerprint density at radius 2 is 1.82 bits per heavy atom. The average Bonchev–Trinajstić information content (AvgIpc) is 3.59. The van der Waals surface area contributed by atoms with E-state index in [-0.39, 0.29) is 11.6 Å². The molecule has 4 nitrogen and oxygen atoms in total. The fourth-order valence-corrected chi connectivity index (χ4v) is 2.44. The van der Waals surface area contributed by atoms with Crippen LogP contribution in [0, 0.1) is 11.7 Å². The summed E-state index contributed by atoms with van der Waals surface area (Å²) in [6.07, 6.45) is 11.8. The summed E-state index contributed by atoms with van der Waals surface area (Å²) in [6.45, 7) is 17.4. The molecule has 2 rings (SSSR count). The summed E-state index contributed by atoms with van der Waals surface area (Å²) >= 11 is 0. The highest BCUT2D eigenvalue weighted by atomic mass is 19.1. The Labute approximate surface area is 199 Å². The minimum absolute atomic E-state index is 0.267. The van der Waals surface area contributed by atoms with Crippen LogP contribution < -0.4 is 5.32 Å². The SMILES string of the molecule is C=C(C)C.CCC1CC1.C\C=C/C=C\C(C)=C(\N=C(C)c1ccc(O)c(F)c1)C(=O)NCC. The first-order valence-electron chi connectivity index (χ1n) is 11.5. The lowest BCUT2D eigenvalue weighted by Crippen LogP contribution is -2.25. The van der Waals surface area contributed by atoms with E-state index in [4.69, 9.17) is 0 Å². The number of hydrogen-bond acceptors (Lipinski definition) is 3. The van der Waals surface area contributed by atoms with Crippen LogP contribution in [0.25, 0.3) is 0 Å². The van der Waals surface area contributed by atoms with Crippen molar-refractivity contribution in [2.45, 2.75) is 67.7 Å². The van der Waals surface area contributed by atoms with E-state index in [1.54, 1.807) is 26.0 Å². The van der Waals surface area contributed by atoms with Gasteiger partial charge in [0.2, 0.25) is 0 Å². The zero-order valence-corrected chi connectivity index (χ0v) is 21.3. The lowest BCUT2D eigenvalue weighted by Gasteiger charge is -2.08. The number of nitrogens with zero attached hydrogens (tertiary/aromatic N) is 1. The van der Waals surface area contributed by atoms with Crippen LogP contribution in [0.2, 0.25) is 0 Å². The van der Waals surface area contributed by atoms with E-state index < -0.39 is 11.6 Å². The van der Waals surface area contributed by atoms with Crippen molar-refractivity contribution < 1.29 is 14.3 Å². The summed E-state index contributed by atoms with van der Waals surface area (Å²) in [5, 5.41) is 12.0. The van der Waals surface area contributed by atoms with E-state index in [1.165, 1.54) is 37.0 Å². The van der Waals surface area contributed by atoms with Gasteiger partial charge in [-0.3, -0.25) is 4.79 Å². The standard InChI is InChI=1S/C19H23FN2O2.C5H10.C4H8/c1-5-7-8-9-13(3)18(19(24)21-6-2)22-14(4)15-10-11-17(23)16(20)12-15;1-2-5-3-4-5;1-4(2)3/h5,7-12,23H,6H2,1-4H3,(H,21,24);5H,2-4H2,1H3;1H2,2-3H3/b7-5-,9-8-,18-13+,22-14?;;. The lowest BCUT2D eigenvalue weighted by molar-refractivity contribution is -0.117. The number of aromatic hydroxyl groups is 1. The molecule has 1 amide bonds. The molecule has 2 N–H and O–H groups in total. The number of likely N-dealkylation sites (N-methyl/N-ethyl adjacent to an activating group) is 1. The van der Waals surface area contributed by atoms with Crippen LogP contribution in [-0.2, 0) is 4.79 Å². The van der Waals surface area contributed by atoms with Gasteiger partial charge in [0.05, 0.1) is 0 Å². The van der Waals surface area contributed by atoms with E-state index >= 15 is 0 Å². The first-order valence-corrected chi connectivity index (χ1v) is 11.5. The number of hydrogen-bond donors (Lipinski definition) is 2. The fraction of sp³-hybridized carbons (Fsp3) is 0.429. The van der Waals surface area contributed by atoms with E-state index in [1.807, 2.05) is 45.9 Å². The van der Waals surface area contributed by atoms with Gasteiger partial charge in [0.15, 0.2) is 11.6 Å². The predicted octanol–water partition coefficient (Wildman–Crippen LogP) is 7.27. The molecule has 0 unspecified atom stereocenters. The number of phenolic OH excluding ortho intramolecular Hbond substituents is 1. The number of rotatable bonds is 7. The van der Waals surface area contributed by atoms with Gasteiger partial charge < -0.3 is 10.4 Å². The summed E-state index contributed by atoms with van der Waals surface area (Å²) < 4.78 is 13.5. The Hall–Kier alpha value is -2.95. The number of benzene rings is 1. The van der Waals surface area contributed by atoms with Crippen molar-refractivity contribution in [2.24, 2.45) is 10.9 Å². The maximum atomic E-state index is 13.5. The Kier molecular flexibility index (Phi) is 15.2. The predicted molar refractivity (Wildman–Crippen MR) is 139 cm³/mol. The van der Waals surface area contributed by atoms with Crippen LogP contribution in [-0.4, -0.2) is 23.3 Å². The lowest BCUT2D eigenvalue weighted by atomic mass is 10.1. The number of nitrogens with one attached hydrogen (secondary N) is 1. The molecule has 0 bridgehead atoms. The molecule has 1 aliphatic rings. The zero-order valence-electron chi connectivity index (χ0n) is 21.3. The fourth-order valence-electron chi connectivity index (χ4n) is 2.44. The molecule has 1 saturated carbocycles. The van der Waals surface area contributed by atoms with Gasteiger partial charge in [0.1, 0.15) is 5.70 Å². The number of aliphatic imine (C=N–C) groups is 1. The van der Waals surface area contributed by atoms with E-state index in [0.717, 1.165) is 5.92 Å². The molecule has 1 fully saturated rings. The minimum Gasteiger partial charge on any atom is -0.505 e. The topological polar surface area (TPSA) is 61.7 Å². The van der Waals surface area contributed by atoms with Crippen LogP contribution >= 0.6 is 0 Å². The van der Waals surface area contributed by atoms with Crippen molar-refractivity contribution in [2.75, 3.05) is 6.54 Å². The van der Waals surface area contributed by atoms with Crippen molar-refractivity contribution in [3.05, 3.63) is 77.3 Å². The summed E-state index contributed by atoms with van der Waals surface area (Å²) in [6, 6.07) is 4.00. The minimum atomic E-state index is -0.727. The van der Waals surface area contributed by atoms with Crippen LogP contribution in [0.15, 0.2) is 70.9 Å². The van der Waals surface area contributed by atoms with Gasteiger partial charge in [-0.15, -0.1) is 6.58 Å². The van der Waals surface area contributed by atoms with Crippen LogP contribution in [0.1, 0.15) is 73.3 Å². The molecule has 1 aromatic rings. The molecule has 0 saturated heterocycles. The Bertz CT molecular complexity index is 887. The molecular weight excluding hydrogens is 415 g/mol. The van der Waals surface area contributed by atoms with Crippen molar-refractivity contribution in [3.8, 4) is 5.75 Å². The highest BCUT2D eigenvalue weighted by Crippen LogP contribution is 2.31. The number of halogens is 1.